The van der Waals surface area contributed by atoms with Crippen LogP contribution < -0.4 is 5.32 Å². The second kappa shape index (κ2) is 7.35. The molecule has 0 saturated heterocycles. The maximum Gasteiger partial charge on any atom is 0.233 e. The van der Waals surface area contributed by atoms with Gasteiger partial charge in [0.15, 0.2) is 0 Å². The number of para-hydroxylation sites is 1. The first-order chi connectivity index (χ1) is 10.7. The van der Waals surface area contributed by atoms with E-state index < -0.39 is 0 Å². The van der Waals surface area contributed by atoms with Crippen LogP contribution in [-0.4, -0.2) is 15.5 Å². The van der Waals surface area contributed by atoms with Crippen LogP contribution in [-0.2, 0) is 17.1 Å². The Labute approximate surface area is 142 Å². The third kappa shape index (κ3) is 3.94. The molecule has 1 aliphatic heterocycles. The van der Waals surface area contributed by atoms with E-state index in [1.807, 2.05) is 42.6 Å². The Morgan fingerprint density at radius 2 is 2.23 bits per heavy atom. The van der Waals surface area contributed by atoms with Gasteiger partial charge in [-0.2, -0.15) is 0 Å². The standard InChI is InChI=1S/C16H16N2OS3/c1-11(15(19)17-9-13-6-4-8-20-13)22-16-18-14-7-3-2-5-12(14)10-21-16/h2-8,11H,9-10H2,1H3,(H,17,19). The third-order valence-corrected chi connectivity index (χ3v) is 6.39. The molecule has 1 atom stereocenters. The van der Waals surface area contributed by atoms with Crippen LogP contribution >= 0.6 is 34.9 Å². The zero-order valence-electron chi connectivity index (χ0n) is 12.1. The van der Waals surface area contributed by atoms with Crippen LogP contribution in [0.15, 0.2) is 46.8 Å². The summed E-state index contributed by atoms with van der Waals surface area (Å²) in [6.07, 6.45) is 0. The van der Waals surface area contributed by atoms with Crippen LogP contribution in [0, 0.1) is 0 Å². The number of thiophene rings is 1. The van der Waals surface area contributed by atoms with Crippen LogP contribution in [0.4, 0.5) is 5.69 Å². The molecule has 3 nitrogen and oxygen atoms in total. The van der Waals surface area contributed by atoms with Gasteiger partial charge in [-0.15, -0.1) is 11.3 Å². The van der Waals surface area contributed by atoms with Crippen LogP contribution in [0.25, 0.3) is 0 Å². The number of hydrogen-bond donors (Lipinski definition) is 1. The minimum absolute atomic E-state index is 0.0561. The number of thioether (sulfide) groups is 2. The highest BCUT2D eigenvalue weighted by molar-refractivity contribution is 8.39. The smallest absolute Gasteiger partial charge is 0.233 e. The average Bonchev–Trinajstić information content (AvgIpc) is 3.06. The van der Waals surface area contributed by atoms with Crippen molar-refractivity contribution in [3.05, 3.63) is 52.2 Å². The number of carbonyl (C=O) groups is 1. The van der Waals surface area contributed by atoms with Crippen LogP contribution in [0.5, 0.6) is 0 Å². The summed E-state index contributed by atoms with van der Waals surface area (Å²) < 4.78 is 0.970. The molecular weight excluding hydrogens is 332 g/mol. The van der Waals surface area contributed by atoms with E-state index in [0.29, 0.717) is 6.54 Å². The molecule has 0 saturated carbocycles. The highest BCUT2D eigenvalue weighted by Crippen LogP contribution is 2.35. The van der Waals surface area contributed by atoms with Gasteiger partial charge in [0, 0.05) is 10.6 Å². The van der Waals surface area contributed by atoms with Crippen LogP contribution in [0.2, 0.25) is 0 Å². The Bertz CT molecular complexity index is 682. The zero-order valence-corrected chi connectivity index (χ0v) is 14.6. The molecule has 2 aromatic rings. The van der Waals surface area contributed by atoms with Crippen molar-refractivity contribution in [2.45, 2.75) is 24.5 Å². The van der Waals surface area contributed by atoms with Gasteiger partial charge in [-0.25, -0.2) is 4.99 Å². The number of aliphatic imine (C=N–C) groups is 1. The number of amides is 1. The fraction of sp³-hybridized carbons (Fsp3) is 0.250. The number of rotatable bonds is 4. The summed E-state index contributed by atoms with van der Waals surface area (Å²) in [6, 6.07) is 12.2. The summed E-state index contributed by atoms with van der Waals surface area (Å²) in [5.74, 6) is 0.978. The van der Waals surface area contributed by atoms with Gasteiger partial charge in [-0.1, -0.05) is 47.8 Å². The number of hydrogen-bond acceptors (Lipinski definition) is 5. The molecule has 1 aliphatic rings. The SMILES string of the molecule is CC(SC1=Nc2ccccc2CS1)C(=O)NCc1cccs1. The van der Waals surface area contributed by atoms with Crippen LogP contribution in [0.3, 0.4) is 0 Å². The lowest BCUT2D eigenvalue weighted by molar-refractivity contribution is -0.120. The van der Waals surface area contributed by atoms with Crippen LogP contribution in [0.1, 0.15) is 17.4 Å². The summed E-state index contributed by atoms with van der Waals surface area (Å²) in [6.45, 7) is 2.53. The normalized spacial score (nSPS) is 14.9. The van der Waals surface area contributed by atoms with Crippen molar-refractivity contribution < 1.29 is 4.79 Å². The molecule has 22 heavy (non-hydrogen) atoms. The second-order valence-corrected chi connectivity index (χ2v) is 8.44. The van der Waals surface area contributed by atoms with Crippen molar-refractivity contribution in [2.75, 3.05) is 0 Å². The molecule has 0 spiro atoms. The monoisotopic (exact) mass is 348 g/mol. The molecule has 0 bridgehead atoms. The van der Waals surface area contributed by atoms with Crippen molar-refractivity contribution in [3.8, 4) is 0 Å². The number of carbonyl (C=O) groups excluding carboxylic acids is 1. The van der Waals surface area contributed by atoms with Crippen molar-refractivity contribution >= 4 is 50.8 Å². The molecule has 0 fully saturated rings. The molecule has 1 unspecified atom stereocenters. The molecule has 0 radical (unpaired) electrons. The summed E-state index contributed by atoms with van der Waals surface area (Å²) >= 11 is 4.89. The predicted molar refractivity (Wildman–Crippen MR) is 98.1 cm³/mol. The molecule has 1 amide bonds. The van der Waals surface area contributed by atoms with E-state index in [1.165, 1.54) is 22.2 Å². The average molecular weight is 349 g/mol. The lowest BCUT2D eigenvalue weighted by Crippen LogP contribution is -2.30. The van der Waals surface area contributed by atoms with Gasteiger partial charge in [0.25, 0.3) is 0 Å². The summed E-state index contributed by atoms with van der Waals surface area (Å²) in [7, 11) is 0. The summed E-state index contributed by atoms with van der Waals surface area (Å²) in [5.41, 5.74) is 2.28. The molecule has 1 aromatic carbocycles. The quantitative estimate of drug-likeness (QED) is 0.889. The van der Waals surface area contributed by atoms with E-state index in [0.717, 1.165) is 15.8 Å². The lowest BCUT2D eigenvalue weighted by Gasteiger charge is -2.17. The minimum Gasteiger partial charge on any atom is -0.350 e. The van der Waals surface area contributed by atoms with Crippen molar-refractivity contribution in [1.29, 1.82) is 0 Å². The molecule has 114 valence electrons. The Morgan fingerprint density at radius 3 is 3.05 bits per heavy atom. The molecule has 2 heterocycles. The molecule has 0 aliphatic carbocycles. The molecular formula is C16H16N2OS3. The molecule has 1 N–H and O–H groups in total. The Hall–Kier alpha value is -1.24. The Kier molecular flexibility index (Phi) is 5.23. The van der Waals surface area contributed by atoms with Gasteiger partial charge in [0.1, 0.15) is 4.38 Å². The predicted octanol–water partition coefficient (Wildman–Crippen LogP) is 4.42. The van der Waals surface area contributed by atoms with E-state index in [-0.39, 0.29) is 11.2 Å². The first kappa shape index (κ1) is 15.6. The second-order valence-electron chi connectivity index (χ2n) is 4.85. The highest BCUT2D eigenvalue weighted by Gasteiger charge is 2.19. The van der Waals surface area contributed by atoms with E-state index in [2.05, 4.69) is 16.4 Å². The Morgan fingerprint density at radius 1 is 1.36 bits per heavy atom. The van der Waals surface area contributed by atoms with Gasteiger partial charge >= 0.3 is 0 Å². The highest BCUT2D eigenvalue weighted by atomic mass is 32.2. The first-order valence-electron chi connectivity index (χ1n) is 6.98. The first-order valence-corrected chi connectivity index (χ1v) is 9.73. The van der Waals surface area contributed by atoms with E-state index in [9.17, 15) is 4.79 Å². The van der Waals surface area contributed by atoms with E-state index in [1.54, 1.807) is 23.1 Å². The number of benzene rings is 1. The lowest BCUT2D eigenvalue weighted by atomic mass is 10.2. The van der Waals surface area contributed by atoms with Gasteiger partial charge < -0.3 is 5.32 Å². The fourth-order valence-electron chi connectivity index (χ4n) is 2.01. The van der Waals surface area contributed by atoms with E-state index in [4.69, 9.17) is 0 Å². The summed E-state index contributed by atoms with van der Waals surface area (Å²) in [4.78, 5) is 18.0. The number of nitrogens with zero attached hydrogens (tertiary/aromatic N) is 1. The maximum atomic E-state index is 12.2. The van der Waals surface area contributed by atoms with Gasteiger partial charge in [-0.3, -0.25) is 4.79 Å². The topological polar surface area (TPSA) is 41.5 Å². The molecule has 3 rings (SSSR count). The zero-order chi connectivity index (χ0) is 15.4. The van der Waals surface area contributed by atoms with Crippen molar-refractivity contribution in [3.63, 3.8) is 0 Å². The van der Waals surface area contributed by atoms with Gasteiger partial charge in [-0.05, 0) is 30.0 Å². The maximum absolute atomic E-state index is 12.2. The van der Waals surface area contributed by atoms with E-state index >= 15 is 0 Å². The number of fused-ring (bicyclic) bond motifs is 1. The molecule has 6 heteroatoms. The van der Waals surface area contributed by atoms with Crippen molar-refractivity contribution in [2.24, 2.45) is 4.99 Å². The third-order valence-electron chi connectivity index (χ3n) is 3.22. The molecule has 1 aromatic heterocycles. The summed E-state index contributed by atoms with van der Waals surface area (Å²) in [5, 5.41) is 4.86. The minimum atomic E-state index is -0.142. The number of nitrogens with one attached hydrogen (secondary N) is 1. The Balaban J connectivity index is 1.56. The fourth-order valence-corrected chi connectivity index (χ4v) is 4.86. The van der Waals surface area contributed by atoms with Crippen molar-refractivity contribution in [1.82, 2.24) is 5.32 Å². The van der Waals surface area contributed by atoms with Gasteiger partial charge in [0.05, 0.1) is 17.5 Å². The largest absolute Gasteiger partial charge is 0.350 e. The van der Waals surface area contributed by atoms with Gasteiger partial charge in [0.2, 0.25) is 5.91 Å².